The number of carbonyl (C=O) groups excluding carboxylic acids is 1. The highest BCUT2D eigenvalue weighted by Gasteiger charge is 2.11. The molecule has 0 radical (unpaired) electrons. The fourth-order valence-corrected chi connectivity index (χ4v) is 1.95. The third kappa shape index (κ3) is 5.18. The van der Waals surface area contributed by atoms with Crippen LogP contribution in [-0.4, -0.2) is 35.5 Å². The molecule has 0 bridgehead atoms. The molecular formula is C13H19BrN2O3. The van der Waals surface area contributed by atoms with Gasteiger partial charge in [0, 0.05) is 16.7 Å². The number of carbonyl (C=O) groups is 1. The van der Waals surface area contributed by atoms with Gasteiger partial charge in [0.15, 0.2) is 0 Å². The van der Waals surface area contributed by atoms with Crippen LogP contribution in [0.5, 0.6) is 0 Å². The highest BCUT2D eigenvalue weighted by atomic mass is 79.9. The first-order valence-corrected chi connectivity index (χ1v) is 6.86. The number of aliphatic hydroxyl groups excluding tert-OH is 2. The second-order valence-corrected chi connectivity index (χ2v) is 5.47. The summed E-state index contributed by atoms with van der Waals surface area (Å²) >= 11 is 3.40. The Hall–Kier alpha value is -1.11. The van der Waals surface area contributed by atoms with Crippen LogP contribution in [0.1, 0.15) is 25.3 Å². The topological polar surface area (TPSA) is 81.6 Å². The van der Waals surface area contributed by atoms with Crippen LogP contribution in [0.15, 0.2) is 22.7 Å². The summed E-state index contributed by atoms with van der Waals surface area (Å²) in [5, 5.41) is 23.0. The van der Waals surface area contributed by atoms with Crippen molar-refractivity contribution < 1.29 is 15.0 Å². The zero-order chi connectivity index (χ0) is 14.4. The molecule has 0 aliphatic rings. The third-order valence-corrected chi connectivity index (χ3v) is 3.09. The number of halogens is 1. The highest BCUT2D eigenvalue weighted by Crippen LogP contribution is 2.27. The van der Waals surface area contributed by atoms with Crippen LogP contribution in [0.2, 0.25) is 0 Å². The number of nitrogens with one attached hydrogen (secondary N) is 2. The first kappa shape index (κ1) is 15.9. The smallest absolute Gasteiger partial charge is 0.319 e. The lowest BCUT2D eigenvalue weighted by atomic mass is 10.0. The lowest BCUT2D eigenvalue weighted by molar-refractivity contribution is 0.0965. The van der Waals surface area contributed by atoms with Gasteiger partial charge in [-0.25, -0.2) is 4.79 Å². The highest BCUT2D eigenvalue weighted by molar-refractivity contribution is 9.10. The summed E-state index contributed by atoms with van der Waals surface area (Å²) in [6.45, 7) is 3.71. The molecule has 6 heteroatoms. The molecule has 1 aromatic carbocycles. The number of anilines is 1. The van der Waals surface area contributed by atoms with Crippen LogP contribution >= 0.6 is 15.9 Å². The van der Waals surface area contributed by atoms with E-state index in [0.717, 1.165) is 15.7 Å². The van der Waals surface area contributed by atoms with Gasteiger partial charge in [-0.2, -0.15) is 0 Å². The van der Waals surface area contributed by atoms with Crippen molar-refractivity contribution in [2.75, 3.05) is 18.5 Å². The van der Waals surface area contributed by atoms with Crippen LogP contribution in [-0.2, 0) is 0 Å². The number of rotatable bonds is 5. The maximum Gasteiger partial charge on any atom is 0.319 e. The van der Waals surface area contributed by atoms with Gasteiger partial charge in [-0.1, -0.05) is 29.8 Å². The van der Waals surface area contributed by atoms with Crippen molar-refractivity contribution in [2.45, 2.75) is 25.9 Å². The fourth-order valence-electron chi connectivity index (χ4n) is 1.57. The van der Waals surface area contributed by atoms with Crippen LogP contribution in [0.25, 0.3) is 0 Å². The molecule has 0 fully saturated rings. The Morgan fingerprint density at radius 2 is 2.11 bits per heavy atom. The summed E-state index contributed by atoms with van der Waals surface area (Å²) in [6, 6.07) is 5.23. The van der Waals surface area contributed by atoms with E-state index < -0.39 is 12.1 Å². The van der Waals surface area contributed by atoms with Crippen molar-refractivity contribution in [3.63, 3.8) is 0 Å². The van der Waals surface area contributed by atoms with Gasteiger partial charge in [-0.15, -0.1) is 0 Å². The van der Waals surface area contributed by atoms with E-state index in [-0.39, 0.29) is 19.1 Å². The number of urea groups is 1. The second kappa shape index (κ2) is 7.47. The molecule has 0 saturated carbocycles. The fraction of sp³-hybridized carbons (Fsp3) is 0.462. The monoisotopic (exact) mass is 330 g/mol. The van der Waals surface area contributed by atoms with Gasteiger partial charge in [-0.05, 0) is 29.7 Å². The molecule has 2 amide bonds. The van der Waals surface area contributed by atoms with Crippen molar-refractivity contribution in [1.29, 1.82) is 0 Å². The number of benzene rings is 1. The summed E-state index contributed by atoms with van der Waals surface area (Å²) in [7, 11) is 0. The minimum absolute atomic E-state index is 0.00979. The minimum Gasteiger partial charge on any atom is -0.394 e. The van der Waals surface area contributed by atoms with Crippen molar-refractivity contribution in [3.8, 4) is 0 Å². The lowest BCUT2D eigenvalue weighted by Crippen LogP contribution is -2.36. The Balaban J connectivity index is 2.68. The van der Waals surface area contributed by atoms with Crippen molar-refractivity contribution >= 4 is 27.6 Å². The quantitative estimate of drug-likeness (QED) is 0.667. The normalized spacial score (nSPS) is 12.3. The van der Waals surface area contributed by atoms with Gasteiger partial charge in [0.1, 0.15) is 0 Å². The molecule has 4 N–H and O–H groups in total. The summed E-state index contributed by atoms with van der Waals surface area (Å²) in [6.07, 6.45) is -0.944. The van der Waals surface area contributed by atoms with Gasteiger partial charge in [0.2, 0.25) is 0 Å². The molecule has 0 aliphatic heterocycles. The first-order valence-electron chi connectivity index (χ1n) is 6.07. The van der Waals surface area contributed by atoms with E-state index in [9.17, 15) is 4.79 Å². The van der Waals surface area contributed by atoms with E-state index in [0.29, 0.717) is 0 Å². The van der Waals surface area contributed by atoms with E-state index in [1.165, 1.54) is 0 Å². The van der Waals surface area contributed by atoms with Gasteiger partial charge < -0.3 is 20.8 Å². The summed E-state index contributed by atoms with van der Waals surface area (Å²) < 4.78 is 0.956. The number of hydrogen-bond donors (Lipinski definition) is 4. The molecule has 0 spiro atoms. The summed E-state index contributed by atoms with van der Waals surface area (Å²) in [4.78, 5) is 11.7. The van der Waals surface area contributed by atoms with E-state index >= 15 is 0 Å². The molecule has 1 rings (SSSR count). The Labute approximate surface area is 121 Å². The Bertz CT molecular complexity index is 438. The predicted octanol–water partition coefficient (Wildman–Crippen LogP) is 2.05. The SMILES string of the molecule is CC(C)c1cc(Br)ccc1NC(=O)NC[C@@H](O)CO. The van der Waals surface area contributed by atoms with Crippen LogP contribution in [0.3, 0.4) is 0 Å². The molecule has 0 saturated heterocycles. The molecule has 19 heavy (non-hydrogen) atoms. The van der Waals surface area contributed by atoms with Gasteiger partial charge in [0.25, 0.3) is 0 Å². The Morgan fingerprint density at radius 1 is 1.42 bits per heavy atom. The van der Waals surface area contributed by atoms with Crippen molar-refractivity contribution in [2.24, 2.45) is 0 Å². The lowest BCUT2D eigenvalue weighted by Gasteiger charge is -2.15. The van der Waals surface area contributed by atoms with Gasteiger partial charge in [-0.3, -0.25) is 0 Å². The van der Waals surface area contributed by atoms with E-state index in [2.05, 4.69) is 26.6 Å². The minimum atomic E-state index is -0.944. The molecule has 0 heterocycles. The number of hydrogen-bond acceptors (Lipinski definition) is 3. The largest absolute Gasteiger partial charge is 0.394 e. The maximum absolute atomic E-state index is 11.7. The predicted molar refractivity (Wildman–Crippen MR) is 78.3 cm³/mol. The van der Waals surface area contributed by atoms with Gasteiger partial charge >= 0.3 is 6.03 Å². The molecule has 0 aliphatic carbocycles. The molecular weight excluding hydrogens is 312 g/mol. The molecule has 1 atom stereocenters. The van der Waals surface area contributed by atoms with Crippen LogP contribution in [0, 0.1) is 0 Å². The van der Waals surface area contributed by atoms with Crippen molar-refractivity contribution in [3.05, 3.63) is 28.2 Å². The maximum atomic E-state index is 11.7. The van der Waals surface area contributed by atoms with Gasteiger partial charge in [0.05, 0.1) is 12.7 Å². The number of amides is 2. The molecule has 0 aromatic heterocycles. The first-order chi connectivity index (χ1) is 8.93. The second-order valence-electron chi connectivity index (χ2n) is 4.56. The van der Waals surface area contributed by atoms with E-state index in [1.54, 1.807) is 0 Å². The Morgan fingerprint density at radius 3 is 2.68 bits per heavy atom. The summed E-state index contributed by atoms with van der Waals surface area (Å²) in [5.41, 5.74) is 1.75. The molecule has 106 valence electrons. The molecule has 1 aromatic rings. The average molecular weight is 331 g/mol. The third-order valence-electron chi connectivity index (χ3n) is 2.59. The summed E-state index contributed by atoms with van der Waals surface area (Å²) in [5.74, 6) is 0.274. The average Bonchev–Trinajstić information content (AvgIpc) is 2.37. The zero-order valence-electron chi connectivity index (χ0n) is 11.0. The van der Waals surface area contributed by atoms with Crippen LogP contribution in [0.4, 0.5) is 10.5 Å². The van der Waals surface area contributed by atoms with E-state index in [4.69, 9.17) is 10.2 Å². The van der Waals surface area contributed by atoms with E-state index in [1.807, 2.05) is 32.0 Å². The Kier molecular flexibility index (Phi) is 6.27. The molecule has 0 unspecified atom stereocenters. The zero-order valence-corrected chi connectivity index (χ0v) is 12.6. The van der Waals surface area contributed by atoms with Crippen molar-refractivity contribution in [1.82, 2.24) is 5.32 Å². The standard InChI is InChI=1S/C13H19BrN2O3/c1-8(2)11-5-9(14)3-4-12(11)16-13(19)15-6-10(18)7-17/h3-5,8,10,17-18H,6-7H2,1-2H3,(H2,15,16,19)/t10-/m1/s1. The number of aliphatic hydroxyl groups is 2. The van der Waals surface area contributed by atoms with Crippen LogP contribution < -0.4 is 10.6 Å². The molecule has 5 nitrogen and oxygen atoms in total.